The number of carbonyl (C=O) groups is 2. The van der Waals surface area contributed by atoms with Crippen LogP contribution in [0.15, 0.2) is 24.3 Å². The molecule has 0 saturated carbocycles. The van der Waals surface area contributed by atoms with E-state index in [1.54, 1.807) is 24.3 Å². The minimum absolute atomic E-state index is 0.00804. The van der Waals surface area contributed by atoms with Crippen molar-refractivity contribution < 1.29 is 9.59 Å². The van der Waals surface area contributed by atoms with Crippen LogP contribution in [0.5, 0.6) is 0 Å². The summed E-state index contributed by atoms with van der Waals surface area (Å²) in [6, 6.07) is 7.35. The molecule has 0 saturated heterocycles. The van der Waals surface area contributed by atoms with Crippen LogP contribution in [0.3, 0.4) is 0 Å². The molecule has 21 heavy (non-hydrogen) atoms. The van der Waals surface area contributed by atoms with Gasteiger partial charge in [-0.1, -0.05) is 13.8 Å². The van der Waals surface area contributed by atoms with E-state index in [0.717, 1.165) is 13.0 Å². The molecule has 0 fully saturated rings. The van der Waals surface area contributed by atoms with Crippen molar-refractivity contribution in [2.75, 3.05) is 18.4 Å². The quantitative estimate of drug-likeness (QED) is 0.643. The number of rotatable bonds is 8. The van der Waals surface area contributed by atoms with Gasteiger partial charge in [0.2, 0.25) is 5.91 Å². The summed E-state index contributed by atoms with van der Waals surface area (Å²) < 4.78 is 0. The van der Waals surface area contributed by atoms with Crippen LogP contribution in [0.4, 0.5) is 5.69 Å². The summed E-state index contributed by atoms with van der Waals surface area (Å²) >= 11 is 0. The minimum Gasteiger partial charge on any atom is -0.352 e. The lowest BCUT2D eigenvalue weighted by Gasteiger charge is -2.09. The van der Waals surface area contributed by atoms with Crippen LogP contribution >= 0.6 is 0 Å². The molecule has 1 rings (SSSR count). The Labute approximate surface area is 126 Å². The van der Waals surface area contributed by atoms with Crippen LogP contribution < -0.4 is 16.0 Å². The molecule has 5 nitrogen and oxygen atoms in total. The highest BCUT2D eigenvalue weighted by Crippen LogP contribution is 2.10. The second kappa shape index (κ2) is 9.13. The maximum Gasteiger partial charge on any atom is 0.251 e. The number of amides is 2. The van der Waals surface area contributed by atoms with Crippen LogP contribution in [0.25, 0.3) is 0 Å². The first-order valence-electron chi connectivity index (χ1n) is 7.44. The fourth-order valence-electron chi connectivity index (χ4n) is 1.83. The summed E-state index contributed by atoms with van der Waals surface area (Å²) in [5.41, 5.74) is 1.31. The molecule has 1 aromatic rings. The van der Waals surface area contributed by atoms with Crippen LogP contribution in [0.1, 0.15) is 44.0 Å². The first-order valence-corrected chi connectivity index (χ1v) is 7.44. The Kier molecular flexibility index (Phi) is 7.46. The number of hydrogen-bond donors (Lipinski definition) is 3. The number of benzene rings is 1. The van der Waals surface area contributed by atoms with Crippen LogP contribution in [-0.2, 0) is 4.79 Å². The largest absolute Gasteiger partial charge is 0.352 e. The summed E-state index contributed by atoms with van der Waals surface area (Å²) in [6.45, 7) is 7.47. The van der Waals surface area contributed by atoms with Gasteiger partial charge in [0.1, 0.15) is 0 Å². The van der Waals surface area contributed by atoms with Gasteiger partial charge in [-0.05, 0) is 44.2 Å². The average molecular weight is 291 g/mol. The van der Waals surface area contributed by atoms with E-state index >= 15 is 0 Å². The Morgan fingerprint density at radius 2 is 1.81 bits per heavy atom. The van der Waals surface area contributed by atoms with E-state index in [2.05, 4.69) is 29.8 Å². The third kappa shape index (κ3) is 6.90. The van der Waals surface area contributed by atoms with Crippen LogP contribution in [-0.4, -0.2) is 30.9 Å². The molecule has 0 unspecified atom stereocenters. The van der Waals surface area contributed by atoms with Gasteiger partial charge < -0.3 is 16.0 Å². The summed E-state index contributed by atoms with van der Waals surface area (Å²) in [6.07, 6.45) is 1.29. The molecule has 1 aromatic carbocycles. The van der Waals surface area contributed by atoms with Crippen LogP contribution in [0, 0.1) is 0 Å². The maximum absolute atomic E-state index is 11.8. The van der Waals surface area contributed by atoms with E-state index in [-0.39, 0.29) is 11.8 Å². The molecular formula is C16H25N3O2. The molecular weight excluding hydrogens is 266 g/mol. The summed E-state index contributed by atoms with van der Waals surface area (Å²) in [4.78, 5) is 23.4. The molecule has 116 valence electrons. The predicted octanol–water partition coefficient (Wildman–Crippen LogP) is 2.15. The van der Waals surface area contributed by atoms with Crippen molar-refractivity contribution in [2.24, 2.45) is 0 Å². The minimum atomic E-state index is -0.102. The Hall–Kier alpha value is -1.88. The second-order valence-corrected chi connectivity index (χ2v) is 5.20. The molecule has 0 atom stereocenters. The zero-order valence-corrected chi connectivity index (χ0v) is 13.0. The Morgan fingerprint density at radius 3 is 2.38 bits per heavy atom. The van der Waals surface area contributed by atoms with Crippen molar-refractivity contribution >= 4 is 17.5 Å². The molecule has 0 radical (unpaired) electrons. The van der Waals surface area contributed by atoms with Gasteiger partial charge in [0.15, 0.2) is 0 Å². The van der Waals surface area contributed by atoms with Crippen molar-refractivity contribution in [2.45, 2.75) is 39.7 Å². The molecule has 0 aliphatic heterocycles. The SMILES string of the molecule is CCNC(=O)c1ccc(NC(=O)CCCNC(C)C)cc1. The lowest BCUT2D eigenvalue weighted by atomic mass is 10.2. The Morgan fingerprint density at radius 1 is 1.14 bits per heavy atom. The lowest BCUT2D eigenvalue weighted by Crippen LogP contribution is -2.24. The molecule has 5 heteroatoms. The van der Waals surface area contributed by atoms with Gasteiger partial charge in [-0.3, -0.25) is 9.59 Å². The van der Waals surface area contributed by atoms with Gasteiger partial charge in [-0.25, -0.2) is 0 Å². The van der Waals surface area contributed by atoms with Gasteiger partial charge in [0, 0.05) is 30.3 Å². The van der Waals surface area contributed by atoms with Crippen molar-refractivity contribution in [1.29, 1.82) is 0 Å². The predicted molar refractivity (Wildman–Crippen MR) is 85.5 cm³/mol. The van der Waals surface area contributed by atoms with Gasteiger partial charge in [0.05, 0.1) is 0 Å². The molecule has 0 bridgehead atoms. The second-order valence-electron chi connectivity index (χ2n) is 5.20. The summed E-state index contributed by atoms with van der Waals surface area (Å²) in [5.74, 6) is -0.110. The Balaban J connectivity index is 2.37. The third-order valence-electron chi connectivity index (χ3n) is 2.90. The third-order valence-corrected chi connectivity index (χ3v) is 2.90. The summed E-state index contributed by atoms with van der Waals surface area (Å²) in [7, 11) is 0. The van der Waals surface area contributed by atoms with E-state index < -0.39 is 0 Å². The standard InChI is InChI=1S/C16H25N3O2/c1-4-17-16(21)13-7-9-14(10-8-13)19-15(20)6-5-11-18-12(2)3/h7-10,12,18H,4-6,11H2,1-3H3,(H,17,21)(H,19,20). The van der Waals surface area contributed by atoms with E-state index in [4.69, 9.17) is 0 Å². The molecule has 0 aromatic heterocycles. The van der Waals surface area contributed by atoms with Crippen molar-refractivity contribution in [3.05, 3.63) is 29.8 Å². The molecule has 0 aliphatic rings. The maximum atomic E-state index is 11.8. The normalized spacial score (nSPS) is 10.5. The van der Waals surface area contributed by atoms with Gasteiger partial charge in [0.25, 0.3) is 5.91 Å². The number of anilines is 1. The van der Waals surface area contributed by atoms with Crippen molar-refractivity contribution in [3.8, 4) is 0 Å². The van der Waals surface area contributed by atoms with E-state index in [1.807, 2.05) is 6.92 Å². The van der Waals surface area contributed by atoms with Gasteiger partial charge in [-0.2, -0.15) is 0 Å². The number of nitrogens with one attached hydrogen (secondary N) is 3. The van der Waals surface area contributed by atoms with Crippen molar-refractivity contribution in [1.82, 2.24) is 10.6 Å². The van der Waals surface area contributed by atoms with E-state index in [9.17, 15) is 9.59 Å². The highest BCUT2D eigenvalue weighted by molar-refractivity contribution is 5.95. The van der Waals surface area contributed by atoms with Crippen LogP contribution in [0.2, 0.25) is 0 Å². The molecule has 0 heterocycles. The monoisotopic (exact) mass is 291 g/mol. The summed E-state index contributed by atoms with van der Waals surface area (Å²) in [5, 5.41) is 8.83. The topological polar surface area (TPSA) is 70.2 Å². The first kappa shape index (κ1) is 17.2. The van der Waals surface area contributed by atoms with E-state index in [1.165, 1.54) is 0 Å². The zero-order valence-electron chi connectivity index (χ0n) is 13.0. The number of hydrogen-bond acceptors (Lipinski definition) is 3. The fraction of sp³-hybridized carbons (Fsp3) is 0.500. The van der Waals surface area contributed by atoms with E-state index in [0.29, 0.717) is 30.3 Å². The Bertz CT molecular complexity index is 455. The lowest BCUT2D eigenvalue weighted by molar-refractivity contribution is -0.116. The van der Waals surface area contributed by atoms with Gasteiger partial charge in [-0.15, -0.1) is 0 Å². The zero-order chi connectivity index (χ0) is 15.7. The molecule has 3 N–H and O–H groups in total. The molecule has 0 spiro atoms. The number of carbonyl (C=O) groups excluding carboxylic acids is 2. The first-order chi connectivity index (χ1) is 10.0. The fourth-order valence-corrected chi connectivity index (χ4v) is 1.83. The highest BCUT2D eigenvalue weighted by Gasteiger charge is 2.05. The van der Waals surface area contributed by atoms with Gasteiger partial charge >= 0.3 is 0 Å². The van der Waals surface area contributed by atoms with Crippen molar-refractivity contribution in [3.63, 3.8) is 0 Å². The smallest absolute Gasteiger partial charge is 0.251 e. The average Bonchev–Trinajstić information content (AvgIpc) is 2.44. The molecule has 2 amide bonds. The molecule has 0 aliphatic carbocycles. The highest BCUT2D eigenvalue weighted by atomic mass is 16.2.